The van der Waals surface area contributed by atoms with Crippen LogP contribution in [0.3, 0.4) is 0 Å². The van der Waals surface area contributed by atoms with Crippen molar-refractivity contribution in [3.05, 3.63) is 35.7 Å². The van der Waals surface area contributed by atoms with Crippen molar-refractivity contribution in [1.82, 2.24) is 14.8 Å². The smallest absolute Gasteiger partial charge is 0.219 e. The van der Waals surface area contributed by atoms with Crippen LogP contribution in [0.4, 0.5) is 0 Å². The fourth-order valence-corrected chi connectivity index (χ4v) is 3.44. The number of thioether (sulfide) groups is 1. The summed E-state index contributed by atoms with van der Waals surface area (Å²) in [5.74, 6) is 2.29. The van der Waals surface area contributed by atoms with Gasteiger partial charge in [0.1, 0.15) is 11.6 Å². The van der Waals surface area contributed by atoms with E-state index in [-0.39, 0.29) is 18.1 Å². The minimum absolute atomic E-state index is 0.0199. The highest BCUT2D eigenvalue weighted by atomic mass is 32.2. The minimum atomic E-state index is -0.333. The van der Waals surface area contributed by atoms with E-state index in [0.29, 0.717) is 36.1 Å². The summed E-state index contributed by atoms with van der Waals surface area (Å²) in [5.41, 5.74) is 5.86. The molecule has 1 aromatic carbocycles. The van der Waals surface area contributed by atoms with Gasteiger partial charge in [0.25, 0.3) is 0 Å². The number of carbonyl (C=O) groups is 2. The van der Waals surface area contributed by atoms with E-state index in [1.165, 1.54) is 18.7 Å². The SMILES string of the molecule is CC(=O)c1ccccc1OCCSc1nnc(C2CC2)n1CCC(N)=O. The number of nitrogens with two attached hydrogens (primary N) is 1. The second kappa shape index (κ2) is 8.35. The molecule has 1 aliphatic rings. The van der Waals surface area contributed by atoms with Crippen LogP contribution < -0.4 is 10.5 Å². The van der Waals surface area contributed by atoms with Crippen molar-refractivity contribution in [2.24, 2.45) is 5.73 Å². The lowest BCUT2D eigenvalue weighted by Gasteiger charge is -2.10. The van der Waals surface area contributed by atoms with Gasteiger partial charge in [0.05, 0.1) is 12.2 Å². The zero-order valence-electron chi connectivity index (χ0n) is 14.7. The summed E-state index contributed by atoms with van der Waals surface area (Å²) in [4.78, 5) is 22.7. The quantitative estimate of drug-likeness (QED) is 0.389. The molecule has 1 aliphatic carbocycles. The molecule has 0 aliphatic heterocycles. The number of amides is 1. The second-order valence-electron chi connectivity index (χ2n) is 6.23. The zero-order valence-corrected chi connectivity index (χ0v) is 15.5. The molecule has 0 radical (unpaired) electrons. The molecule has 0 saturated heterocycles. The lowest BCUT2D eigenvalue weighted by atomic mass is 10.1. The molecular formula is C18H22N4O3S. The molecule has 1 fully saturated rings. The number of primary amides is 1. The molecule has 0 spiro atoms. The predicted octanol–water partition coefficient (Wildman–Crippen LogP) is 2.40. The zero-order chi connectivity index (χ0) is 18.5. The van der Waals surface area contributed by atoms with Crippen LogP contribution in [0.25, 0.3) is 0 Å². The Morgan fingerprint density at radius 2 is 2.08 bits per heavy atom. The number of ketones is 1. The van der Waals surface area contributed by atoms with Gasteiger partial charge in [-0.3, -0.25) is 9.59 Å². The summed E-state index contributed by atoms with van der Waals surface area (Å²) in [7, 11) is 0. The first-order valence-corrected chi connectivity index (χ1v) is 9.61. The molecule has 3 rings (SSSR count). The number of nitrogens with zero attached hydrogens (tertiary/aromatic N) is 3. The Morgan fingerprint density at radius 1 is 1.31 bits per heavy atom. The average molecular weight is 374 g/mol. The van der Waals surface area contributed by atoms with Crippen LogP contribution in [-0.2, 0) is 11.3 Å². The molecule has 1 heterocycles. The summed E-state index contributed by atoms with van der Waals surface area (Å²) in [6.07, 6.45) is 2.50. The Balaban J connectivity index is 1.58. The molecule has 8 heteroatoms. The first-order valence-electron chi connectivity index (χ1n) is 8.63. The van der Waals surface area contributed by atoms with E-state index in [1.807, 2.05) is 16.7 Å². The number of carbonyl (C=O) groups excluding carboxylic acids is 2. The number of para-hydroxylation sites is 1. The van der Waals surface area contributed by atoms with Gasteiger partial charge in [-0.2, -0.15) is 0 Å². The molecule has 0 unspecified atom stereocenters. The van der Waals surface area contributed by atoms with E-state index in [9.17, 15) is 9.59 Å². The van der Waals surface area contributed by atoms with Gasteiger partial charge in [0.2, 0.25) is 5.91 Å². The average Bonchev–Trinajstić information content (AvgIpc) is 3.38. The van der Waals surface area contributed by atoms with Gasteiger partial charge in [-0.05, 0) is 31.9 Å². The van der Waals surface area contributed by atoms with Crippen LogP contribution in [0.2, 0.25) is 0 Å². The first-order chi connectivity index (χ1) is 12.6. The summed E-state index contributed by atoms with van der Waals surface area (Å²) in [6, 6.07) is 7.21. The number of aromatic nitrogens is 3. The van der Waals surface area contributed by atoms with E-state index >= 15 is 0 Å². The largest absolute Gasteiger partial charge is 0.492 e. The van der Waals surface area contributed by atoms with E-state index in [1.54, 1.807) is 12.1 Å². The van der Waals surface area contributed by atoms with Gasteiger partial charge in [-0.25, -0.2) is 0 Å². The van der Waals surface area contributed by atoms with Gasteiger partial charge in [-0.15, -0.1) is 10.2 Å². The molecule has 7 nitrogen and oxygen atoms in total. The van der Waals surface area contributed by atoms with E-state index in [0.717, 1.165) is 23.8 Å². The van der Waals surface area contributed by atoms with Gasteiger partial charge >= 0.3 is 0 Å². The molecular weight excluding hydrogens is 352 g/mol. The fourth-order valence-electron chi connectivity index (χ4n) is 2.65. The Hall–Kier alpha value is -2.35. The number of hydrogen-bond donors (Lipinski definition) is 1. The Morgan fingerprint density at radius 3 is 2.77 bits per heavy atom. The van der Waals surface area contributed by atoms with E-state index in [4.69, 9.17) is 10.5 Å². The van der Waals surface area contributed by atoms with Crippen molar-refractivity contribution >= 4 is 23.5 Å². The van der Waals surface area contributed by atoms with Gasteiger partial charge in [0, 0.05) is 24.6 Å². The van der Waals surface area contributed by atoms with Gasteiger partial charge < -0.3 is 15.0 Å². The summed E-state index contributed by atoms with van der Waals surface area (Å²) < 4.78 is 7.75. The van der Waals surface area contributed by atoms with Crippen LogP contribution in [0.5, 0.6) is 5.75 Å². The van der Waals surface area contributed by atoms with Crippen LogP contribution >= 0.6 is 11.8 Å². The molecule has 0 bridgehead atoms. The monoisotopic (exact) mass is 374 g/mol. The fraction of sp³-hybridized carbons (Fsp3) is 0.444. The predicted molar refractivity (Wildman–Crippen MR) is 98.5 cm³/mol. The maximum atomic E-state index is 11.6. The third-order valence-electron chi connectivity index (χ3n) is 4.11. The molecule has 138 valence electrons. The molecule has 0 atom stereocenters. The summed E-state index contributed by atoms with van der Waals surface area (Å²) in [6.45, 7) is 2.47. The molecule has 1 amide bonds. The summed E-state index contributed by atoms with van der Waals surface area (Å²) >= 11 is 1.53. The van der Waals surface area contributed by atoms with Crippen molar-refractivity contribution in [2.75, 3.05) is 12.4 Å². The Kier molecular flexibility index (Phi) is 5.92. The Labute approximate surface area is 156 Å². The highest BCUT2D eigenvalue weighted by Gasteiger charge is 2.30. The maximum absolute atomic E-state index is 11.6. The van der Waals surface area contributed by atoms with Crippen LogP contribution in [-0.4, -0.2) is 38.8 Å². The number of Topliss-reactive ketones (excluding diaryl/α,β-unsaturated/α-hetero) is 1. The molecule has 26 heavy (non-hydrogen) atoms. The Bertz CT molecular complexity index is 801. The summed E-state index contributed by atoms with van der Waals surface area (Å²) in [5, 5.41) is 9.32. The number of rotatable bonds is 10. The number of ether oxygens (including phenoxy) is 1. The van der Waals surface area contributed by atoms with Gasteiger partial charge in [-0.1, -0.05) is 23.9 Å². The third-order valence-corrected chi connectivity index (χ3v) is 5.04. The lowest BCUT2D eigenvalue weighted by molar-refractivity contribution is -0.118. The second-order valence-corrected chi connectivity index (χ2v) is 7.29. The van der Waals surface area contributed by atoms with Crippen LogP contribution in [0.15, 0.2) is 29.4 Å². The van der Waals surface area contributed by atoms with Crippen LogP contribution in [0.1, 0.15) is 48.3 Å². The van der Waals surface area contributed by atoms with E-state index < -0.39 is 0 Å². The minimum Gasteiger partial charge on any atom is -0.492 e. The van der Waals surface area contributed by atoms with Crippen LogP contribution in [0, 0.1) is 0 Å². The molecule has 2 aromatic rings. The normalized spacial score (nSPS) is 13.6. The molecule has 1 saturated carbocycles. The standard InChI is InChI=1S/C18H22N4O3S/c1-12(23)14-4-2-3-5-15(14)25-10-11-26-18-21-20-17(13-6-7-13)22(18)9-8-16(19)24/h2-5,13H,6-11H2,1H3,(H2,19,24). The maximum Gasteiger partial charge on any atom is 0.219 e. The highest BCUT2D eigenvalue weighted by Crippen LogP contribution is 2.40. The van der Waals surface area contributed by atoms with Crippen molar-refractivity contribution in [1.29, 1.82) is 0 Å². The highest BCUT2D eigenvalue weighted by molar-refractivity contribution is 7.99. The third kappa shape index (κ3) is 4.63. The van der Waals surface area contributed by atoms with Crippen molar-refractivity contribution in [3.63, 3.8) is 0 Å². The van der Waals surface area contributed by atoms with E-state index in [2.05, 4.69) is 10.2 Å². The van der Waals surface area contributed by atoms with Crippen molar-refractivity contribution in [3.8, 4) is 5.75 Å². The van der Waals surface area contributed by atoms with Crippen molar-refractivity contribution in [2.45, 2.75) is 43.8 Å². The number of benzene rings is 1. The topological polar surface area (TPSA) is 100 Å². The molecule has 2 N–H and O–H groups in total. The molecule has 1 aromatic heterocycles. The first kappa shape index (κ1) is 18.4. The van der Waals surface area contributed by atoms with Crippen molar-refractivity contribution < 1.29 is 14.3 Å². The lowest BCUT2D eigenvalue weighted by Crippen LogP contribution is -2.15. The van der Waals surface area contributed by atoms with Gasteiger partial charge in [0.15, 0.2) is 10.9 Å². The number of hydrogen-bond acceptors (Lipinski definition) is 6.